The Morgan fingerprint density at radius 1 is 1.28 bits per heavy atom. The second-order valence-corrected chi connectivity index (χ2v) is 5.34. The smallest absolute Gasteiger partial charge is 0.122 e. The number of rotatable bonds is 3. The summed E-state index contributed by atoms with van der Waals surface area (Å²) in [4.78, 5) is 0. The van der Waals surface area contributed by atoms with Crippen molar-refractivity contribution < 1.29 is 0 Å². The Kier molecular flexibility index (Phi) is 2.62. The van der Waals surface area contributed by atoms with Crippen LogP contribution in [0.25, 0.3) is 11.3 Å². The van der Waals surface area contributed by atoms with Crippen molar-refractivity contribution in [1.29, 1.82) is 0 Å². The third-order valence-electron chi connectivity index (χ3n) is 3.80. The van der Waals surface area contributed by atoms with Gasteiger partial charge in [0.2, 0.25) is 0 Å². The summed E-state index contributed by atoms with van der Waals surface area (Å²) in [5.41, 5.74) is 9.44. The van der Waals surface area contributed by atoms with Crippen molar-refractivity contribution in [3.05, 3.63) is 35.9 Å². The summed E-state index contributed by atoms with van der Waals surface area (Å²) in [6.45, 7) is 4.30. The molecule has 0 saturated heterocycles. The minimum absolute atomic E-state index is 0.421. The number of aromatic nitrogens is 2. The van der Waals surface area contributed by atoms with E-state index in [1.165, 1.54) is 18.4 Å². The van der Waals surface area contributed by atoms with Crippen LogP contribution in [0.4, 0.5) is 5.82 Å². The van der Waals surface area contributed by atoms with E-state index in [0.29, 0.717) is 6.04 Å². The quantitative estimate of drug-likeness (QED) is 0.894. The molecule has 2 aromatic rings. The Balaban J connectivity index is 1.93. The van der Waals surface area contributed by atoms with Gasteiger partial charge in [0, 0.05) is 11.6 Å². The Morgan fingerprint density at radius 3 is 2.56 bits per heavy atom. The summed E-state index contributed by atoms with van der Waals surface area (Å²) in [5, 5.41) is 4.66. The highest BCUT2D eigenvalue weighted by Gasteiger charge is 2.30. The zero-order valence-corrected chi connectivity index (χ0v) is 10.9. The van der Waals surface area contributed by atoms with Gasteiger partial charge in [-0.2, -0.15) is 5.10 Å². The molecule has 3 heteroatoms. The molecule has 1 fully saturated rings. The lowest BCUT2D eigenvalue weighted by Gasteiger charge is -2.12. The van der Waals surface area contributed by atoms with Crippen LogP contribution in [0.3, 0.4) is 0 Å². The zero-order chi connectivity index (χ0) is 12.7. The van der Waals surface area contributed by atoms with Gasteiger partial charge in [0.1, 0.15) is 5.82 Å². The van der Waals surface area contributed by atoms with Crippen molar-refractivity contribution in [1.82, 2.24) is 9.78 Å². The van der Waals surface area contributed by atoms with Crippen molar-refractivity contribution >= 4 is 5.82 Å². The molecule has 1 aromatic carbocycles. The van der Waals surface area contributed by atoms with E-state index in [0.717, 1.165) is 23.0 Å². The SMILES string of the molecule is Cc1ccc(-c2cc(N)n(C(C)C3CC3)n2)cc1. The standard InChI is InChI=1S/C15H19N3/c1-10-3-5-13(6-4-10)14-9-15(16)18(17-14)11(2)12-7-8-12/h3-6,9,11-12H,7-8,16H2,1-2H3. The van der Waals surface area contributed by atoms with E-state index in [2.05, 4.69) is 43.2 Å². The molecule has 1 saturated carbocycles. The normalized spacial score (nSPS) is 16.8. The van der Waals surface area contributed by atoms with Gasteiger partial charge in [-0.05, 0) is 32.6 Å². The summed E-state index contributed by atoms with van der Waals surface area (Å²) in [5.74, 6) is 1.53. The predicted molar refractivity (Wildman–Crippen MR) is 74.2 cm³/mol. The van der Waals surface area contributed by atoms with Crippen LogP contribution >= 0.6 is 0 Å². The number of hydrogen-bond acceptors (Lipinski definition) is 2. The lowest BCUT2D eigenvalue weighted by molar-refractivity contribution is 0.447. The highest BCUT2D eigenvalue weighted by Crippen LogP contribution is 2.40. The van der Waals surface area contributed by atoms with Gasteiger partial charge < -0.3 is 5.73 Å². The number of nitrogen functional groups attached to an aromatic ring is 1. The molecular weight excluding hydrogens is 222 g/mol. The van der Waals surface area contributed by atoms with Gasteiger partial charge in [-0.15, -0.1) is 0 Å². The fourth-order valence-corrected chi connectivity index (χ4v) is 2.38. The van der Waals surface area contributed by atoms with Gasteiger partial charge in [-0.3, -0.25) is 0 Å². The van der Waals surface area contributed by atoms with Crippen LogP contribution in [-0.4, -0.2) is 9.78 Å². The molecule has 18 heavy (non-hydrogen) atoms. The molecular formula is C15H19N3. The van der Waals surface area contributed by atoms with E-state index in [1.807, 2.05) is 10.7 Å². The Hall–Kier alpha value is -1.77. The van der Waals surface area contributed by atoms with Crippen molar-refractivity contribution in [2.24, 2.45) is 5.92 Å². The maximum atomic E-state index is 6.08. The predicted octanol–water partition coefficient (Wildman–Crippen LogP) is 3.41. The van der Waals surface area contributed by atoms with E-state index in [4.69, 9.17) is 5.73 Å². The number of hydrogen-bond donors (Lipinski definition) is 1. The van der Waals surface area contributed by atoms with Gasteiger partial charge in [-0.1, -0.05) is 29.8 Å². The van der Waals surface area contributed by atoms with E-state index in [9.17, 15) is 0 Å². The fraction of sp³-hybridized carbons (Fsp3) is 0.400. The lowest BCUT2D eigenvalue weighted by Crippen LogP contribution is -2.11. The molecule has 1 heterocycles. The molecule has 0 spiro atoms. The summed E-state index contributed by atoms with van der Waals surface area (Å²) < 4.78 is 1.98. The van der Waals surface area contributed by atoms with E-state index in [-0.39, 0.29) is 0 Å². The minimum atomic E-state index is 0.421. The van der Waals surface area contributed by atoms with Crippen molar-refractivity contribution in [3.8, 4) is 11.3 Å². The van der Waals surface area contributed by atoms with Crippen molar-refractivity contribution in [2.45, 2.75) is 32.7 Å². The van der Waals surface area contributed by atoms with E-state index >= 15 is 0 Å². The molecule has 1 aromatic heterocycles. The van der Waals surface area contributed by atoms with Gasteiger partial charge in [0.25, 0.3) is 0 Å². The number of aryl methyl sites for hydroxylation is 1. The largest absolute Gasteiger partial charge is 0.384 e. The van der Waals surface area contributed by atoms with Crippen LogP contribution in [0, 0.1) is 12.8 Å². The van der Waals surface area contributed by atoms with Crippen LogP contribution in [0.2, 0.25) is 0 Å². The van der Waals surface area contributed by atoms with Gasteiger partial charge in [0.05, 0.1) is 11.7 Å². The van der Waals surface area contributed by atoms with Crippen LogP contribution < -0.4 is 5.73 Å². The molecule has 1 aliphatic carbocycles. The van der Waals surface area contributed by atoms with Gasteiger partial charge in [-0.25, -0.2) is 4.68 Å². The van der Waals surface area contributed by atoms with Crippen molar-refractivity contribution in [3.63, 3.8) is 0 Å². The Bertz CT molecular complexity index is 550. The second-order valence-electron chi connectivity index (χ2n) is 5.34. The molecule has 0 amide bonds. The zero-order valence-electron chi connectivity index (χ0n) is 10.9. The van der Waals surface area contributed by atoms with Crippen LogP contribution in [0.15, 0.2) is 30.3 Å². The molecule has 1 unspecified atom stereocenters. The van der Waals surface area contributed by atoms with Crippen LogP contribution in [0.1, 0.15) is 31.4 Å². The second kappa shape index (κ2) is 4.16. The number of nitrogens with zero attached hydrogens (tertiary/aromatic N) is 2. The molecule has 3 rings (SSSR count). The first-order valence-corrected chi connectivity index (χ1v) is 6.57. The van der Waals surface area contributed by atoms with Gasteiger partial charge in [0.15, 0.2) is 0 Å². The van der Waals surface area contributed by atoms with Crippen LogP contribution in [0.5, 0.6) is 0 Å². The summed E-state index contributed by atoms with van der Waals surface area (Å²) >= 11 is 0. The fourth-order valence-electron chi connectivity index (χ4n) is 2.38. The Morgan fingerprint density at radius 2 is 1.94 bits per heavy atom. The summed E-state index contributed by atoms with van der Waals surface area (Å²) in [6, 6.07) is 10.8. The molecule has 0 radical (unpaired) electrons. The number of nitrogens with two attached hydrogens (primary N) is 1. The van der Waals surface area contributed by atoms with Crippen molar-refractivity contribution in [2.75, 3.05) is 5.73 Å². The third kappa shape index (κ3) is 2.01. The molecule has 2 N–H and O–H groups in total. The molecule has 3 nitrogen and oxygen atoms in total. The topological polar surface area (TPSA) is 43.8 Å². The van der Waals surface area contributed by atoms with Gasteiger partial charge >= 0.3 is 0 Å². The minimum Gasteiger partial charge on any atom is -0.384 e. The highest BCUT2D eigenvalue weighted by molar-refractivity contribution is 5.62. The average Bonchev–Trinajstić information content (AvgIpc) is 3.13. The average molecular weight is 241 g/mol. The third-order valence-corrected chi connectivity index (χ3v) is 3.80. The first-order valence-electron chi connectivity index (χ1n) is 6.57. The Labute approximate surface area is 108 Å². The number of benzene rings is 1. The molecule has 1 aliphatic rings. The molecule has 0 aliphatic heterocycles. The molecule has 0 bridgehead atoms. The molecule has 94 valence electrons. The van der Waals surface area contributed by atoms with Crippen LogP contribution in [-0.2, 0) is 0 Å². The molecule has 1 atom stereocenters. The van der Waals surface area contributed by atoms with E-state index < -0.39 is 0 Å². The maximum Gasteiger partial charge on any atom is 0.122 e. The summed E-state index contributed by atoms with van der Waals surface area (Å²) in [7, 11) is 0. The van der Waals surface area contributed by atoms with E-state index in [1.54, 1.807) is 0 Å². The number of anilines is 1. The monoisotopic (exact) mass is 241 g/mol. The highest BCUT2D eigenvalue weighted by atomic mass is 15.3. The maximum absolute atomic E-state index is 6.08. The lowest BCUT2D eigenvalue weighted by atomic mass is 10.1. The first kappa shape index (κ1) is 11.3. The first-order chi connectivity index (χ1) is 8.65. The summed E-state index contributed by atoms with van der Waals surface area (Å²) in [6.07, 6.45) is 2.61.